The molecule has 1 N–H and O–H groups in total. The second-order valence-electron chi connectivity index (χ2n) is 6.83. The van der Waals surface area contributed by atoms with Gasteiger partial charge in [0, 0.05) is 30.4 Å². The number of nitrogens with one attached hydrogen (secondary N) is 1. The minimum absolute atomic E-state index is 0.0738. The molecule has 0 aliphatic heterocycles. The summed E-state index contributed by atoms with van der Waals surface area (Å²) in [7, 11) is 1.66. The third-order valence-corrected chi connectivity index (χ3v) is 5.07. The van der Waals surface area contributed by atoms with Gasteiger partial charge in [-0.15, -0.1) is 0 Å². The fraction of sp³-hybridized carbons (Fsp3) is 0.421. The first-order valence-electron chi connectivity index (χ1n) is 8.93. The Morgan fingerprint density at radius 3 is 2.92 bits per heavy atom. The van der Waals surface area contributed by atoms with Crippen LogP contribution in [0.3, 0.4) is 0 Å². The van der Waals surface area contributed by atoms with Crippen LogP contribution in [0.15, 0.2) is 41.7 Å². The van der Waals surface area contributed by atoms with Crippen molar-refractivity contribution in [3.8, 4) is 0 Å². The number of hydrogen-bond donors (Lipinski definition) is 1. The lowest BCUT2D eigenvalue weighted by atomic mass is 9.95. The Balaban J connectivity index is 1.46. The Bertz CT molecular complexity index is 936. The van der Waals surface area contributed by atoms with Crippen molar-refractivity contribution < 1.29 is 0 Å². The number of rotatable bonds is 4. The molecular weight excluding hydrogens is 314 g/mol. The number of nitrogens with zero attached hydrogens (tertiary/aromatic N) is 4. The van der Waals surface area contributed by atoms with E-state index >= 15 is 0 Å². The van der Waals surface area contributed by atoms with Crippen molar-refractivity contribution in [2.75, 3.05) is 5.32 Å². The topological polar surface area (TPSA) is 64.7 Å². The maximum atomic E-state index is 12.0. The molecule has 0 saturated heterocycles. The number of imidazole rings is 1. The fourth-order valence-electron chi connectivity index (χ4n) is 3.59. The smallest absolute Gasteiger partial charge is 0.274 e. The molecule has 6 nitrogen and oxygen atoms in total. The SMILES string of the molecule is Cn1ncc2cc(NCc3cn(C4CCCCC4)cn3)ccc2c1=O. The highest BCUT2D eigenvalue weighted by Gasteiger charge is 2.15. The fourth-order valence-corrected chi connectivity index (χ4v) is 3.59. The molecule has 0 amide bonds. The largest absolute Gasteiger partial charge is 0.379 e. The third kappa shape index (κ3) is 3.29. The van der Waals surface area contributed by atoms with Crippen molar-refractivity contribution in [2.45, 2.75) is 44.7 Å². The zero-order valence-electron chi connectivity index (χ0n) is 14.5. The Kier molecular flexibility index (Phi) is 4.26. The van der Waals surface area contributed by atoms with E-state index in [0.29, 0.717) is 18.0 Å². The molecule has 0 atom stereocenters. The molecule has 130 valence electrons. The average molecular weight is 337 g/mol. The van der Waals surface area contributed by atoms with E-state index in [4.69, 9.17) is 0 Å². The van der Waals surface area contributed by atoms with E-state index in [1.807, 2.05) is 24.5 Å². The van der Waals surface area contributed by atoms with Crippen molar-refractivity contribution in [3.63, 3.8) is 0 Å². The molecular formula is C19H23N5O. The van der Waals surface area contributed by atoms with Crippen LogP contribution in [0.2, 0.25) is 0 Å². The van der Waals surface area contributed by atoms with E-state index in [9.17, 15) is 4.79 Å². The normalized spacial score (nSPS) is 15.6. The summed E-state index contributed by atoms with van der Waals surface area (Å²) in [5, 5.41) is 9.01. The molecule has 0 radical (unpaired) electrons. The van der Waals surface area contributed by atoms with Crippen LogP contribution in [0, 0.1) is 0 Å². The molecule has 0 spiro atoms. The number of aryl methyl sites for hydroxylation is 1. The number of anilines is 1. The first-order valence-corrected chi connectivity index (χ1v) is 8.93. The van der Waals surface area contributed by atoms with Gasteiger partial charge in [0.15, 0.2) is 0 Å². The highest BCUT2D eigenvalue weighted by molar-refractivity contribution is 5.84. The van der Waals surface area contributed by atoms with Gasteiger partial charge >= 0.3 is 0 Å². The summed E-state index contributed by atoms with van der Waals surface area (Å²) < 4.78 is 3.62. The van der Waals surface area contributed by atoms with Crippen LogP contribution in [-0.2, 0) is 13.6 Å². The number of aromatic nitrogens is 4. The Morgan fingerprint density at radius 2 is 2.08 bits per heavy atom. The van der Waals surface area contributed by atoms with E-state index < -0.39 is 0 Å². The molecule has 1 aliphatic rings. The average Bonchev–Trinajstić information content (AvgIpc) is 3.13. The predicted molar refractivity (Wildman–Crippen MR) is 98.7 cm³/mol. The van der Waals surface area contributed by atoms with Gasteiger partial charge in [-0.1, -0.05) is 19.3 Å². The van der Waals surface area contributed by atoms with Gasteiger partial charge < -0.3 is 9.88 Å². The number of benzene rings is 1. The van der Waals surface area contributed by atoms with Crippen molar-refractivity contribution in [1.82, 2.24) is 19.3 Å². The van der Waals surface area contributed by atoms with Crippen LogP contribution in [0.25, 0.3) is 10.8 Å². The van der Waals surface area contributed by atoms with Crippen molar-refractivity contribution >= 4 is 16.5 Å². The summed E-state index contributed by atoms with van der Waals surface area (Å²) in [5.41, 5.74) is 1.93. The quantitative estimate of drug-likeness (QED) is 0.794. The molecule has 3 aromatic rings. The van der Waals surface area contributed by atoms with E-state index in [0.717, 1.165) is 16.8 Å². The van der Waals surface area contributed by atoms with E-state index in [1.165, 1.54) is 36.8 Å². The van der Waals surface area contributed by atoms with Gasteiger partial charge in [-0.2, -0.15) is 5.10 Å². The molecule has 25 heavy (non-hydrogen) atoms. The van der Waals surface area contributed by atoms with E-state index in [2.05, 4.69) is 26.2 Å². The first-order chi connectivity index (χ1) is 12.2. The van der Waals surface area contributed by atoms with Gasteiger partial charge in [0.05, 0.1) is 30.1 Å². The second-order valence-corrected chi connectivity index (χ2v) is 6.83. The van der Waals surface area contributed by atoms with Crippen LogP contribution in [0.1, 0.15) is 43.8 Å². The van der Waals surface area contributed by atoms with Crippen LogP contribution in [0.5, 0.6) is 0 Å². The summed E-state index contributed by atoms with van der Waals surface area (Å²) in [6.07, 6.45) is 12.4. The maximum absolute atomic E-state index is 12.0. The van der Waals surface area contributed by atoms with E-state index in [1.54, 1.807) is 13.2 Å². The second kappa shape index (κ2) is 6.70. The van der Waals surface area contributed by atoms with Gasteiger partial charge in [-0.25, -0.2) is 9.67 Å². The molecule has 0 unspecified atom stereocenters. The summed E-state index contributed by atoms with van der Waals surface area (Å²) >= 11 is 0. The van der Waals surface area contributed by atoms with Crippen LogP contribution >= 0.6 is 0 Å². The van der Waals surface area contributed by atoms with Gasteiger partial charge in [-0.3, -0.25) is 4.79 Å². The van der Waals surface area contributed by atoms with Crippen LogP contribution < -0.4 is 10.9 Å². The van der Waals surface area contributed by atoms with Gasteiger partial charge in [0.1, 0.15) is 0 Å². The molecule has 0 bridgehead atoms. The Hall–Kier alpha value is -2.63. The third-order valence-electron chi connectivity index (χ3n) is 5.07. The summed E-state index contributed by atoms with van der Waals surface area (Å²) in [6, 6.07) is 6.35. The lowest BCUT2D eigenvalue weighted by Gasteiger charge is -2.22. The first kappa shape index (κ1) is 15.9. The highest BCUT2D eigenvalue weighted by atomic mass is 16.1. The zero-order valence-corrected chi connectivity index (χ0v) is 14.5. The lowest BCUT2D eigenvalue weighted by molar-refractivity contribution is 0.353. The minimum Gasteiger partial charge on any atom is -0.379 e. The van der Waals surface area contributed by atoms with Crippen molar-refractivity contribution in [2.24, 2.45) is 7.05 Å². The maximum Gasteiger partial charge on any atom is 0.274 e. The lowest BCUT2D eigenvalue weighted by Crippen LogP contribution is -2.18. The molecule has 1 aromatic carbocycles. The summed E-state index contributed by atoms with van der Waals surface area (Å²) in [6.45, 7) is 0.670. The van der Waals surface area contributed by atoms with Crippen molar-refractivity contribution in [1.29, 1.82) is 0 Å². The molecule has 1 fully saturated rings. The molecule has 2 heterocycles. The molecule has 4 rings (SSSR count). The molecule has 1 aliphatic carbocycles. The Morgan fingerprint density at radius 1 is 1.24 bits per heavy atom. The zero-order chi connectivity index (χ0) is 17.2. The Labute approximate surface area is 146 Å². The van der Waals surface area contributed by atoms with Gasteiger partial charge in [0.2, 0.25) is 0 Å². The van der Waals surface area contributed by atoms with Crippen LogP contribution in [0.4, 0.5) is 5.69 Å². The molecule has 1 saturated carbocycles. The van der Waals surface area contributed by atoms with E-state index in [-0.39, 0.29) is 5.56 Å². The predicted octanol–water partition coefficient (Wildman–Crippen LogP) is 3.25. The van der Waals surface area contributed by atoms with Gasteiger partial charge in [0.25, 0.3) is 5.56 Å². The molecule has 2 aromatic heterocycles. The molecule has 6 heteroatoms. The monoisotopic (exact) mass is 337 g/mol. The van der Waals surface area contributed by atoms with Gasteiger partial charge in [-0.05, 0) is 31.0 Å². The number of hydrogen-bond acceptors (Lipinski definition) is 4. The minimum atomic E-state index is -0.0738. The van der Waals surface area contributed by atoms with Crippen molar-refractivity contribution in [3.05, 3.63) is 53.0 Å². The number of fused-ring (bicyclic) bond motifs is 1. The highest BCUT2D eigenvalue weighted by Crippen LogP contribution is 2.28. The summed E-state index contributed by atoms with van der Waals surface area (Å²) in [4.78, 5) is 16.6. The van der Waals surface area contributed by atoms with Crippen LogP contribution in [-0.4, -0.2) is 19.3 Å². The summed E-state index contributed by atoms with van der Waals surface area (Å²) in [5.74, 6) is 0. The standard InChI is InChI=1S/C19H23N5O/c1-23-19(25)18-8-7-15(9-14(18)10-22-23)20-11-16-12-24(13-21-16)17-5-3-2-4-6-17/h7-10,12-13,17,20H,2-6,11H2,1H3.